The van der Waals surface area contributed by atoms with Gasteiger partial charge in [0.25, 0.3) is 0 Å². The smallest absolute Gasteiger partial charge is 0.0406 e. The van der Waals surface area contributed by atoms with Gasteiger partial charge in [-0.05, 0) is 63.0 Å². The Morgan fingerprint density at radius 1 is 1.18 bits per heavy atom. The van der Waals surface area contributed by atoms with Crippen LogP contribution < -0.4 is 10.6 Å². The molecule has 17 heavy (non-hydrogen) atoms. The SMILES string of the molecule is Clc1ccc(CCCNC2CCNCC2)cc1. The minimum Gasteiger partial charge on any atom is -0.317 e. The van der Waals surface area contributed by atoms with Crippen LogP contribution in [0.2, 0.25) is 5.02 Å². The highest BCUT2D eigenvalue weighted by atomic mass is 35.5. The number of benzene rings is 1. The van der Waals surface area contributed by atoms with Crippen LogP contribution in [0.4, 0.5) is 0 Å². The van der Waals surface area contributed by atoms with Gasteiger partial charge >= 0.3 is 0 Å². The van der Waals surface area contributed by atoms with Crippen LogP contribution in [0.25, 0.3) is 0 Å². The molecule has 2 rings (SSSR count). The minimum atomic E-state index is 0.724. The molecule has 1 heterocycles. The summed E-state index contributed by atoms with van der Waals surface area (Å²) in [6.45, 7) is 3.44. The Labute approximate surface area is 109 Å². The molecule has 2 N–H and O–H groups in total. The molecule has 1 fully saturated rings. The Kier molecular flexibility index (Phi) is 5.30. The van der Waals surface area contributed by atoms with Gasteiger partial charge in [0.2, 0.25) is 0 Å². The first kappa shape index (κ1) is 12.9. The molecule has 0 saturated carbocycles. The summed E-state index contributed by atoms with van der Waals surface area (Å²) < 4.78 is 0. The highest BCUT2D eigenvalue weighted by Crippen LogP contribution is 2.10. The van der Waals surface area contributed by atoms with E-state index < -0.39 is 0 Å². The van der Waals surface area contributed by atoms with Crippen molar-refractivity contribution in [3.05, 3.63) is 34.9 Å². The van der Waals surface area contributed by atoms with Crippen LogP contribution >= 0.6 is 11.6 Å². The molecule has 0 radical (unpaired) electrons. The van der Waals surface area contributed by atoms with Crippen LogP contribution in [0, 0.1) is 0 Å². The van der Waals surface area contributed by atoms with Crippen molar-refractivity contribution in [2.75, 3.05) is 19.6 Å². The highest BCUT2D eigenvalue weighted by molar-refractivity contribution is 6.30. The second-order valence-corrected chi connectivity index (χ2v) is 5.14. The van der Waals surface area contributed by atoms with Crippen molar-refractivity contribution in [1.29, 1.82) is 0 Å². The van der Waals surface area contributed by atoms with Crippen molar-refractivity contribution in [2.24, 2.45) is 0 Å². The first-order valence-electron chi connectivity index (χ1n) is 6.53. The molecular weight excluding hydrogens is 232 g/mol. The summed E-state index contributed by atoms with van der Waals surface area (Å²) in [5, 5.41) is 7.84. The second kappa shape index (κ2) is 7.00. The van der Waals surface area contributed by atoms with Gasteiger partial charge in [-0.25, -0.2) is 0 Å². The Hall–Kier alpha value is -0.570. The van der Waals surface area contributed by atoms with Gasteiger partial charge in [0.1, 0.15) is 0 Å². The predicted molar refractivity (Wildman–Crippen MR) is 73.7 cm³/mol. The third-order valence-electron chi connectivity index (χ3n) is 3.33. The zero-order valence-corrected chi connectivity index (χ0v) is 11.0. The van der Waals surface area contributed by atoms with E-state index in [4.69, 9.17) is 11.6 Å². The summed E-state index contributed by atoms with van der Waals surface area (Å²) >= 11 is 5.86. The standard InChI is InChI=1S/C14H21ClN2/c15-13-5-3-12(4-6-13)2-1-9-17-14-7-10-16-11-8-14/h3-6,14,16-17H,1-2,7-11H2. The molecule has 1 aliphatic rings. The molecule has 1 aromatic carbocycles. The highest BCUT2D eigenvalue weighted by Gasteiger charge is 2.10. The molecule has 0 unspecified atom stereocenters. The number of rotatable bonds is 5. The Morgan fingerprint density at radius 3 is 2.59 bits per heavy atom. The van der Waals surface area contributed by atoms with Gasteiger partial charge in [-0.3, -0.25) is 0 Å². The van der Waals surface area contributed by atoms with Crippen LogP contribution in [0.5, 0.6) is 0 Å². The number of hydrogen-bond donors (Lipinski definition) is 2. The number of halogens is 1. The summed E-state index contributed by atoms with van der Waals surface area (Å²) in [4.78, 5) is 0. The van der Waals surface area contributed by atoms with Crippen molar-refractivity contribution >= 4 is 11.6 Å². The number of nitrogens with one attached hydrogen (secondary N) is 2. The molecule has 0 aliphatic carbocycles. The zero-order chi connectivity index (χ0) is 11.9. The molecule has 0 amide bonds. The van der Waals surface area contributed by atoms with E-state index in [1.54, 1.807) is 0 Å². The largest absolute Gasteiger partial charge is 0.317 e. The number of aryl methyl sites for hydroxylation is 1. The molecule has 1 aliphatic heterocycles. The lowest BCUT2D eigenvalue weighted by Gasteiger charge is -2.23. The molecule has 1 saturated heterocycles. The lowest BCUT2D eigenvalue weighted by molar-refractivity contribution is 0.386. The van der Waals surface area contributed by atoms with Crippen LogP contribution in [-0.2, 0) is 6.42 Å². The van der Waals surface area contributed by atoms with Gasteiger partial charge in [0.05, 0.1) is 0 Å². The van der Waals surface area contributed by atoms with Gasteiger partial charge in [-0.1, -0.05) is 23.7 Å². The fourth-order valence-electron chi connectivity index (χ4n) is 2.28. The molecule has 0 spiro atoms. The van der Waals surface area contributed by atoms with E-state index in [2.05, 4.69) is 22.8 Å². The third-order valence-corrected chi connectivity index (χ3v) is 3.58. The Morgan fingerprint density at radius 2 is 1.88 bits per heavy atom. The topological polar surface area (TPSA) is 24.1 Å². The summed E-state index contributed by atoms with van der Waals surface area (Å²) in [5.74, 6) is 0. The first-order valence-corrected chi connectivity index (χ1v) is 6.91. The fourth-order valence-corrected chi connectivity index (χ4v) is 2.40. The molecule has 3 heteroatoms. The predicted octanol–water partition coefficient (Wildman–Crippen LogP) is 2.61. The number of piperidine rings is 1. The third kappa shape index (κ3) is 4.66. The quantitative estimate of drug-likeness (QED) is 0.788. The molecule has 1 aromatic rings. The van der Waals surface area contributed by atoms with Crippen molar-refractivity contribution in [3.8, 4) is 0 Å². The van der Waals surface area contributed by atoms with E-state index in [-0.39, 0.29) is 0 Å². The van der Waals surface area contributed by atoms with Crippen LogP contribution in [0.1, 0.15) is 24.8 Å². The summed E-state index contributed by atoms with van der Waals surface area (Å²) in [5.41, 5.74) is 1.38. The van der Waals surface area contributed by atoms with Crippen LogP contribution in [0.15, 0.2) is 24.3 Å². The molecular formula is C14H21ClN2. The van der Waals surface area contributed by atoms with Gasteiger partial charge < -0.3 is 10.6 Å². The van der Waals surface area contributed by atoms with Crippen LogP contribution in [0.3, 0.4) is 0 Å². The molecule has 94 valence electrons. The van der Waals surface area contributed by atoms with Crippen molar-refractivity contribution in [3.63, 3.8) is 0 Å². The maximum atomic E-state index is 5.86. The van der Waals surface area contributed by atoms with Gasteiger partial charge in [-0.2, -0.15) is 0 Å². The Balaban J connectivity index is 1.60. The van der Waals surface area contributed by atoms with E-state index in [9.17, 15) is 0 Å². The molecule has 2 nitrogen and oxygen atoms in total. The second-order valence-electron chi connectivity index (χ2n) is 4.71. The molecule has 0 aromatic heterocycles. The van der Waals surface area contributed by atoms with Crippen molar-refractivity contribution in [1.82, 2.24) is 10.6 Å². The fraction of sp³-hybridized carbons (Fsp3) is 0.571. The van der Waals surface area contributed by atoms with Gasteiger partial charge in [-0.15, -0.1) is 0 Å². The van der Waals surface area contributed by atoms with Crippen molar-refractivity contribution < 1.29 is 0 Å². The maximum Gasteiger partial charge on any atom is 0.0406 e. The van der Waals surface area contributed by atoms with Gasteiger partial charge in [0.15, 0.2) is 0 Å². The first-order chi connectivity index (χ1) is 8.34. The average molecular weight is 253 g/mol. The monoisotopic (exact) mass is 252 g/mol. The van der Waals surface area contributed by atoms with E-state index in [0.29, 0.717) is 0 Å². The van der Waals surface area contributed by atoms with Gasteiger partial charge in [0, 0.05) is 11.1 Å². The Bertz CT molecular complexity index is 317. The van der Waals surface area contributed by atoms with E-state index in [1.807, 2.05) is 12.1 Å². The van der Waals surface area contributed by atoms with E-state index in [1.165, 1.54) is 24.8 Å². The molecule has 0 bridgehead atoms. The summed E-state index contributed by atoms with van der Waals surface area (Å²) in [6.07, 6.45) is 4.86. The lowest BCUT2D eigenvalue weighted by Crippen LogP contribution is -2.40. The number of hydrogen-bond acceptors (Lipinski definition) is 2. The van der Waals surface area contributed by atoms with E-state index in [0.717, 1.165) is 37.1 Å². The minimum absolute atomic E-state index is 0.724. The van der Waals surface area contributed by atoms with E-state index >= 15 is 0 Å². The maximum absolute atomic E-state index is 5.86. The summed E-state index contributed by atoms with van der Waals surface area (Å²) in [7, 11) is 0. The van der Waals surface area contributed by atoms with Crippen LogP contribution in [-0.4, -0.2) is 25.7 Å². The normalized spacial score (nSPS) is 17.2. The molecule has 0 atom stereocenters. The zero-order valence-electron chi connectivity index (χ0n) is 10.2. The summed E-state index contributed by atoms with van der Waals surface area (Å²) in [6, 6.07) is 8.90. The lowest BCUT2D eigenvalue weighted by atomic mass is 10.1. The average Bonchev–Trinajstić information content (AvgIpc) is 2.38. The van der Waals surface area contributed by atoms with Crippen molar-refractivity contribution in [2.45, 2.75) is 31.7 Å².